The molecule has 0 aromatic heterocycles. The summed E-state index contributed by atoms with van der Waals surface area (Å²) in [6, 6.07) is 4.81. The lowest BCUT2D eigenvalue weighted by Crippen LogP contribution is -2.37. The van der Waals surface area contributed by atoms with Gasteiger partial charge in [-0.05, 0) is 25.0 Å². The third-order valence-corrected chi connectivity index (χ3v) is 3.56. The molecule has 0 aliphatic carbocycles. The van der Waals surface area contributed by atoms with Crippen molar-refractivity contribution in [2.24, 2.45) is 0 Å². The highest BCUT2D eigenvalue weighted by Gasteiger charge is 2.21. The van der Waals surface area contributed by atoms with E-state index in [2.05, 4.69) is 0 Å². The van der Waals surface area contributed by atoms with Crippen molar-refractivity contribution in [3.05, 3.63) is 23.8 Å². The number of benzene rings is 1. The number of anilines is 2. The Balaban J connectivity index is 2.12. The Labute approximate surface area is 117 Å². The molecule has 0 unspecified atom stereocenters. The number of aromatic carboxylic acids is 1. The summed E-state index contributed by atoms with van der Waals surface area (Å²) >= 11 is 0. The number of nitrogens with zero attached hydrogens (tertiary/aromatic N) is 2. The first kappa shape index (κ1) is 14.2. The topological polar surface area (TPSA) is 86.9 Å². The van der Waals surface area contributed by atoms with E-state index in [1.54, 1.807) is 24.1 Å². The Hall–Kier alpha value is -2.24. The molecule has 3 N–H and O–H groups in total. The number of likely N-dealkylation sites (tertiary alicyclic amines) is 1. The van der Waals surface area contributed by atoms with Gasteiger partial charge in [-0.1, -0.05) is 6.07 Å². The molecule has 1 aromatic carbocycles. The van der Waals surface area contributed by atoms with Crippen molar-refractivity contribution in [2.45, 2.75) is 12.8 Å². The number of nitrogen functional groups attached to an aromatic ring is 1. The van der Waals surface area contributed by atoms with Crippen LogP contribution < -0.4 is 10.6 Å². The van der Waals surface area contributed by atoms with Crippen LogP contribution in [0.2, 0.25) is 0 Å². The molecule has 1 amide bonds. The quantitative estimate of drug-likeness (QED) is 0.803. The maximum atomic E-state index is 12.1. The molecule has 2 rings (SSSR count). The van der Waals surface area contributed by atoms with E-state index in [-0.39, 0.29) is 23.7 Å². The van der Waals surface area contributed by atoms with Gasteiger partial charge in [0.05, 0.1) is 23.5 Å². The second-order valence-electron chi connectivity index (χ2n) is 4.99. The minimum Gasteiger partial charge on any atom is -0.478 e. The molecule has 1 heterocycles. The lowest BCUT2D eigenvalue weighted by Gasteiger charge is -2.24. The fourth-order valence-corrected chi connectivity index (χ4v) is 2.43. The zero-order valence-electron chi connectivity index (χ0n) is 11.5. The van der Waals surface area contributed by atoms with Gasteiger partial charge in [-0.15, -0.1) is 0 Å². The van der Waals surface area contributed by atoms with Crippen molar-refractivity contribution in [3.8, 4) is 0 Å². The zero-order chi connectivity index (χ0) is 14.7. The van der Waals surface area contributed by atoms with Gasteiger partial charge >= 0.3 is 5.97 Å². The van der Waals surface area contributed by atoms with Gasteiger partial charge in [-0.2, -0.15) is 0 Å². The SMILES string of the molecule is CN(CC(=O)N1CCCC1)c1cccc(C(=O)O)c1N. The molecule has 1 aliphatic rings. The number of carbonyl (C=O) groups is 2. The van der Waals surface area contributed by atoms with Crippen LogP contribution >= 0.6 is 0 Å². The molecule has 0 atom stereocenters. The molecule has 0 radical (unpaired) electrons. The zero-order valence-corrected chi connectivity index (χ0v) is 11.5. The average molecular weight is 277 g/mol. The predicted octanol–water partition coefficient (Wildman–Crippen LogP) is 1.03. The molecule has 20 heavy (non-hydrogen) atoms. The van der Waals surface area contributed by atoms with E-state index >= 15 is 0 Å². The van der Waals surface area contributed by atoms with Gasteiger partial charge in [0.1, 0.15) is 0 Å². The van der Waals surface area contributed by atoms with E-state index in [0.717, 1.165) is 25.9 Å². The summed E-state index contributed by atoms with van der Waals surface area (Å²) in [5, 5.41) is 9.05. The summed E-state index contributed by atoms with van der Waals surface area (Å²) in [5.74, 6) is -1.02. The number of rotatable bonds is 4. The van der Waals surface area contributed by atoms with E-state index in [1.807, 2.05) is 4.90 Å². The van der Waals surface area contributed by atoms with Crippen LogP contribution in [0, 0.1) is 0 Å². The second kappa shape index (κ2) is 5.81. The summed E-state index contributed by atoms with van der Waals surface area (Å²) in [5.41, 5.74) is 6.68. The van der Waals surface area contributed by atoms with Gasteiger partial charge in [0.2, 0.25) is 5.91 Å². The van der Waals surface area contributed by atoms with Crippen LogP contribution in [0.5, 0.6) is 0 Å². The number of likely N-dealkylation sites (N-methyl/N-ethyl adjacent to an activating group) is 1. The van der Waals surface area contributed by atoms with Crippen LogP contribution in [-0.4, -0.2) is 48.6 Å². The van der Waals surface area contributed by atoms with Crippen molar-refractivity contribution >= 4 is 23.3 Å². The predicted molar refractivity (Wildman–Crippen MR) is 76.9 cm³/mol. The van der Waals surface area contributed by atoms with Gasteiger partial charge < -0.3 is 20.6 Å². The highest BCUT2D eigenvalue weighted by atomic mass is 16.4. The molecule has 108 valence electrons. The number of hydrogen-bond acceptors (Lipinski definition) is 4. The van der Waals surface area contributed by atoms with Crippen LogP contribution in [-0.2, 0) is 4.79 Å². The van der Waals surface area contributed by atoms with Gasteiger partial charge in [0, 0.05) is 20.1 Å². The van der Waals surface area contributed by atoms with Gasteiger partial charge in [0.25, 0.3) is 0 Å². The number of carbonyl (C=O) groups excluding carboxylic acids is 1. The number of para-hydroxylation sites is 1. The summed E-state index contributed by atoms with van der Waals surface area (Å²) in [6.07, 6.45) is 2.10. The summed E-state index contributed by atoms with van der Waals surface area (Å²) in [6.45, 7) is 1.81. The fraction of sp³-hybridized carbons (Fsp3) is 0.429. The number of carboxylic acid groups (broad SMARTS) is 1. The van der Waals surface area contributed by atoms with Crippen molar-refractivity contribution in [3.63, 3.8) is 0 Å². The molecule has 0 saturated carbocycles. The molecule has 1 aliphatic heterocycles. The first-order valence-corrected chi connectivity index (χ1v) is 6.61. The van der Waals surface area contributed by atoms with Gasteiger partial charge in [-0.3, -0.25) is 4.79 Å². The van der Waals surface area contributed by atoms with Gasteiger partial charge in [-0.25, -0.2) is 4.79 Å². The smallest absolute Gasteiger partial charge is 0.337 e. The van der Waals surface area contributed by atoms with Crippen molar-refractivity contribution in [2.75, 3.05) is 37.3 Å². The Bertz CT molecular complexity index is 524. The van der Waals surface area contributed by atoms with Gasteiger partial charge in [0.15, 0.2) is 0 Å². The Kier molecular flexibility index (Phi) is 4.12. The van der Waals surface area contributed by atoms with Crippen LogP contribution in [0.15, 0.2) is 18.2 Å². The number of nitrogens with two attached hydrogens (primary N) is 1. The summed E-state index contributed by atoms with van der Waals surface area (Å²) < 4.78 is 0. The lowest BCUT2D eigenvalue weighted by atomic mass is 10.1. The van der Waals surface area contributed by atoms with Crippen LogP contribution in [0.3, 0.4) is 0 Å². The normalized spacial score (nSPS) is 14.3. The molecule has 6 heteroatoms. The third-order valence-electron chi connectivity index (χ3n) is 3.56. The number of amides is 1. The molecule has 6 nitrogen and oxygen atoms in total. The molecular formula is C14H19N3O3. The molecule has 1 aromatic rings. The largest absolute Gasteiger partial charge is 0.478 e. The molecule has 1 fully saturated rings. The standard InChI is InChI=1S/C14H19N3O3/c1-16(9-12(18)17-7-2-3-8-17)11-6-4-5-10(13(11)15)14(19)20/h4-6H,2-3,7-9,15H2,1H3,(H,19,20). The van der Waals surface area contributed by atoms with Crippen LogP contribution in [0.4, 0.5) is 11.4 Å². The van der Waals surface area contributed by atoms with Crippen LogP contribution in [0.1, 0.15) is 23.2 Å². The van der Waals surface area contributed by atoms with Crippen molar-refractivity contribution in [1.29, 1.82) is 0 Å². The lowest BCUT2D eigenvalue weighted by molar-refractivity contribution is -0.128. The van der Waals surface area contributed by atoms with E-state index in [4.69, 9.17) is 10.8 Å². The van der Waals surface area contributed by atoms with E-state index in [9.17, 15) is 9.59 Å². The first-order valence-electron chi connectivity index (χ1n) is 6.61. The monoisotopic (exact) mass is 277 g/mol. The third kappa shape index (κ3) is 2.84. The average Bonchev–Trinajstić information content (AvgIpc) is 2.92. The Morgan fingerprint density at radius 2 is 2.00 bits per heavy atom. The molecule has 0 bridgehead atoms. The van der Waals surface area contributed by atoms with Crippen LogP contribution in [0.25, 0.3) is 0 Å². The highest BCUT2D eigenvalue weighted by Crippen LogP contribution is 2.26. The maximum Gasteiger partial charge on any atom is 0.337 e. The van der Waals surface area contributed by atoms with E-state index in [0.29, 0.717) is 5.69 Å². The highest BCUT2D eigenvalue weighted by molar-refractivity contribution is 5.97. The van der Waals surface area contributed by atoms with E-state index in [1.165, 1.54) is 6.07 Å². The number of carboxylic acids is 1. The Morgan fingerprint density at radius 1 is 1.35 bits per heavy atom. The maximum absolute atomic E-state index is 12.1. The first-order chi connectivity index (χ1) is 9.50. The molecule has 0 spiro atoms. The minimum absolute atomic E-state index is 0.0464. The fourth-order valence-electron chi connectivity index (χ4n) is 2.43. The van der Waals surface area contributed by atoms with Crippen molar-refractivity contribution < 1.29 is 14.7 Å². The van der Waals surface area contributed by atoms with Crippen molar-refractivity contribution in [1.82, 2.24) is 4.90 Å². The molecule has 1 saturated heterocycles. The minimum atomic E-state index is -1.07. The molecular weight excluding hydrogens is 258 g/mol. The summed E-state index contributed by atoms with van der Waals surface area (Å²) in [7, 11) is 1.74. The Morgan fingerprint density at radius 3 is 2.60 bits per heavy atom. The van der Waals surface area contributed by atoms with E-state index < -0.39 is 5.97 Å². The number of hydrogen-bond donors (Lipinski definition) is 2. The summed E-state index contributed by atoms with van der Waals surface area (Å²) in [4.78, 5) is 26.7. The second-order valence-corrected chi connectivity index (χ2v) is 4.99.